The summed E-state index contributed by atoms with van der Waals surface area (Å²) in [6.45, 7) is 0. The minimum atomic E-state index is -0.568. The summed E-state index contributed by atoms with van der Waals surface area (Å²) in [5.41, 5.74) is 17.0. The van der Waals surface area contributed by atoms with E-state index in [1.165, 1.54) is 22.3 Å². The fourth-order valence-corrected chi connectivity index (χ4v) is 10.2. The lowest BCUT2D eigenvalue weighted by atomic mass is 9.65. The number of nitrogens with zero attached hydrogens (tertiary/aromatic N) is 4. The molecule has 1 aliphatic heterocycles. The summed E-state index contributed by atoms with van der Waals surface area (Å²) in [5, 5.41) is 1.11. The quantitative estimate of drug-likeness (QED) is 0.167. The molecule has 0 radical (unpaired) electrons. The summed E-state index contributed by atoms with van der Waals surface area (Å²) in [5.74, 6) is 3.60. The van der Waals surface area contributed by atoms with Gasteiger partial charge in [-0.05, 0) is 74.3 Å². The van der Waals surface area contributed by atoms with Gasteiger partial charge in [-0.25, -0.2) is 15.0 Å². The Morgan fingerprint density at radius 1 is 0.303 bits per heavy atom. The summed E-state index contributed by atoms with van der Waals surface area (Å²) in [6, 6.07) is 79.1. The fourth-order valence-electron chi connectivity index (χ4n) is 10.2. The van der Waals surface area contributed by atoms with Gasteiger partial charge in [0.1, 0.15) is 11.5 Å². The van der Waals surface area contributed by atoms with Gasteiger partial charge in [-0.15, -0.1) is 0 Å². The molecule has 0 fully saturated rings. The first-order valence-corrected chi connectivity index (χ1v) is 22.3. The monoisotopic (exact) mass is 842 g/mol. The Morgan fingerprint density at radius 3 is 1.39 bits per heavy atom. The molecular formula is C61H38N4O. The third-order valence-corrected chi connectivity index (χ3v) is 13.3. The van der Waals surface area contributed by atoms with E-state index < -0.39 is 5.41 Å². The van der Waals surface area contributed by atoms with Crippen LogP contribution in [0.25, 0.3) is 89.6 Å². The maximum Gasteiger partial charge on any atom is 0.164 e. The van der Waals surface area contributed by atoms with E-state index in [9.17, 15) is 0 Å². The molecule has 5 nitrogen and oxygen atoms in total. The highest BCUT2D eigenvalue weighted by Crippen LogP contribution is 2.62. The van der Waals surface area contributed by atoms with Crippen molar-refractivity contribution in [2.75, 3.05) is 0 Å². The van der Waals surface area contributed by atoms with Crippen LogP contribution in [0, 0.1) is 0 Å². The minimum Gasteiger partial charge on any atom is -0.457 e. The van der Waals surface area contributed by atoms with Gasteiger partial charge < -0.3 is 4.74 Å². The van der Waals surface area contributed by atoms with Crippen molar-refractivity contribution in [1.29, 1.82) is 0 Å². The van der Waals surface area contributed by atoms with Crippen molar-refractivity contribution in [3.05, 3.63) is 253 Å². The predicted octanol–water partition coefficient (Wildman–Crippen LogP) is 14.9. The number of pyridine rings is 1. The van der Waals surface area contributed by atoms with Crippen molar-refractivity contribution in [3.8, 4) is 90.2 Å². The van der Waals surface area contributed by atoms with E-state index in [0.29, 0.717) is 17.5 Å². The average molecular weight is 843 g/mol. The zero-order chi connectivity index (χ0) is 43.6. The molecule has 308 valence electrons. The van der Waals surface area contributed by atoms with Crippen molar-refractivity contribution >= 4 is 10.9 Å². The molecule has 1 spiro atoms. The number of ether oxygens (including phenoxy) is 1. The van der Waals surface area contributed by atoms with Crippen molar-refractivity contribution in [2.45, 2.75) is 5.41 Å². The van der Waals surface area contributed by atoms with Gasteiger partial charge in [0.25, 0.3) is 0 Å². The molecule has 3 heterocycles. The van der Waals surface area contributed by atoms with Gasteiger partial charge in [-0.2, -0.15) is 0 Å². The fraction of sp³-hybridized carbons (Fsp3) is 0.0164. The van der Waals surface area contributed by atoms with E-state index in [1.54, 1.807) is 0 Å². The zero-order valence-electron chi connectivity index (χ0n) is 35.6. The van der Waals surface area contributed by atoms with Crippen LogP contribution in [0.5, 0.6) is 11.5 Å². The Morgan fingerprint density at radius 2 is 0.758 bits per heavy atom. The highest BCUT2D eigenvalue weighted by Gasteiger charge is 2.51. The SMILES string of the molecule is c1ccc(-c2nc(-c3ccccc3)nc(-c3cccc(-c4ccc(-c5ccc6c(c5)Oc5cc(-c7cccc8cccnc78)ccc5C65c6ccccc6-c6ccccc65)cc4)c3)n2)cc1. The summed E-state index contributed by atoms with van der Waals surface area (Å²) in [6.07, 6.45) is 1.87. The third-order valence-electron chi connectivity index (χ3n) is 13.3. The molecule has 0 N–H and O–H groups in total. The number of hydrogen-bond acceptors (Lipinski definition) is 5. The first-order valence-electron chi connectivity index (χ1n) is 22.3. The van der Waals surface area contributed by atoms with Gasteiger partial charge in [0, 0.05) is 45.0 Å². The first kappa shape index (κ1) is 37.7. The molecule has 2 aliphatic rings. The van der Waals surface area contributed by atoms with Crippen LogP contribution >= 0.6 is 0 Å². The highest BCUT2D eigenvalue weighted by molar-refractivity contribution is 5.95. The lowest BCUT2D eigenvalue weighted by molar-refractivity contribution is 0.437. The normalized spacial score (nSPS) is 12.8. The predicted molar refractivity (Wildman–Crippen MR) is 265 cm³/mol. The summed E-state index contributed by atoms with van der Waals surface area (Å²) < 4.78 is 7.12. The molecule has 0 unspecified atom stereocenters. The topological polar surface area (TPSA) is 60.8 Å². The Labute approximate surface area is 382 Å². The maximum absolute atomic E-state index is 7.12. The Bertz CT molecular complexity index is 3570. The minimum absolute atomic E-state index is 0.568. The summed E-state index contributed by atoms with van der Waals surface area (Å²) in [7, 11) is 0. The maximum atomic E-state index is 7.12. The van der Waals surface area contributed by atoms with Crippen molar-refractivity contribution in [2.24, 2.45) is 0 Å². The Hall–Kier alpha value is -8.80. The van der Waals surface area contributed by atoms with E-state index in [2.05, 4.69) is 158 Å². The van der Waals surface area contributed by atoms with E-state index in [1.807, 2.05) is 72.9 Å². The van der Waals surface area contributed by atoms with E-state index in [0.717, 1.165) is 83.6 Å². The van der Waals surface area contributed by atoms with Crippen LogP contribution in [0.3, 0.4) is 0 Å². The third kappa shape index (κ3) is 6.01. The van der Waals surface area contributed by atoms with Gasteiger partial charge in [-0.3, -0.25) is 4.98 Å². The first-order chi connectivity index (χ1) is 32.7. The van der Waals surface area contributed by atoms with Crippen LogP contribution in [-0.4, -0.2) is 19.9 Å². The van der Waals surface area contributed by atoms with Crippen LogP contribution in [-0.2, 0) is 5.41 Å². The second-order valence-corrected chi connectivity index (χ2v) is 16.9. The molecule has 9 aromatic carbocycles. The number of benzene rings is 9. The van der Waals surface area contributed by atoms with E-state index in [4.69, 9.17) is 24.7 Å². The lowest BCUT2D eigenvalue weighted by Crippen LogP contribution is -2.32. The van der Waals surface area contributed by atoms with E-state index in [-0.39, 0.29) is 0 Å². The largest absolute Gasteiger partial charge is 0.457 e. The number of hydrogen-bond donors (Lipinski definition) is 0. The van der Waals surface area contributed by atoms with Crippen LogP contribution in [0.1, 0.15) is 22.3 Å². The van der Waals surface area contributed by atoms with Crippen molar-refractivity contribution in [3.63, 3.8) is 0 Å². The number of fused-ring (bicyclic) bond motifs is 10. The Balaban J connectivity index is 0.894. The molecule has 11 aromatic rings. The molecule has 2 aromatic heterocycles. The van der Waals surface area contributed by atoms with Crippen LogP contribution in [0.4, 0.5) is 0 Å². The highest BCUT2D eigenvalue weighted by atomic mass is 16.5. The van der Waals surface area contributed by atoms with Gasteiger partial charge in [0.2, 0.25) is 0 Å². The van der Waals surface area contributed by atoms with Gasteiger partial charge in [0.05, 0.1) is 10.9 Å². The van der Waals surface area contributed by atoms with E-state index >= 15 is 0 Å². The number of aromatic nitrogens is 4. The molecule has 0 atom stereocenters. The lowest BCUT2D eigenvalue weighted by Gasteiger charge is -2.39. The van der Waals surface area contributed by atoms with Crippen LogP contribution < -0.4 is 4.74 Å². The summed E-state index contributed by atoms with van der Waals surface area (Å²) >= 11 is 0. The second-order valence-electron chi connectivity index (χ2n) is 16.9. The van der Waals surface area contributed by atoms with Crippen LogP contribution in [0.2, 0.25) is 0 Å². The molecule has 13 rings (SSSR count). The average Bonchev–Trinajstić information content (AvgIpc) is 3.69. The molecule has 5 heteroatoms. The molecule has 66 heavy (non-hydrogen) atoms. The van der Waals surface area contributed by atoms with Gasteiger partial charge >= 0.3 is 0 Å². The zero-order valence-corrected chi connectivity index (χ0v) is 35.6. The molecule has 0 saturated heterocycles. The smallest absolute Gasteiger partial charge is 0.164 e. The number of rotatable bonds is 6. The molecule has 1 aliphatic carbocycles. The van der Waals surface area contributed by atoms with Crippen molar-refractivity contribution < 1.29 is 4.74 Å². The molecule has 0 bridgehead atoms. The van der Waals surface area contributed by atoms with Crippen LogP contribution in [0.15, 0.2) is 231 Å². The Kier molecular flexibility index (Phi) is 8.68. The number of para-hydroxylation sites is 1. The summed E-state index contributed by atoms with van der Waals surface area (Å²) in [4.78, 5) is 19.7. The molecule has 0 amide bonds. The van der Waals surface area contributed by atoms with Gasteiger partial charge in [-0.1, -0.05) is 200 Å². The standard InChI is InChI=1S/C61H38N4O/c1-3-14-42(15-4-1)58-63-59(43-16-5-2-6-17-43)65-60(64-58)47-20-11-19-44(36-47)39-27-29-40(30-28-39)45-31-33-53-55(37-45)66-56-38-46(48-24-12-18-41-21-13-35-62-57(41)48)32-34-54(56)61(53)51-25-9-7-22-49(51)50-23-8-10-26-52(50)61/h1-38H. The van der Waals surface area contributed by atoms with Crippen molar-refractivity contribution in [1.82, 2.24) is 19.9 Å². The second kappa shape index (κ2) is 15.2. The molecule has 0 saturated carbocycles. The van der Waals surface area contributed by atoms with Gasteiger partial charge in [0.15, 0.2) is 17.5 Å². The molecular weight excluding hydrogens is 805 g/mol.